The summed E-state index contributed by atoms with van der Waals surface area (Å²) in [4.78, 5) is 15.9. The van der Waals surface area contributed by atoms with Crippen molar-refractivity contribution in [2.75, 3.05) is 42.9 Å². The van der Waals surface area contributed by atoms with Crippen LogP contribution in [0, 0.1) is 0 Å². The first-order chi connectivity index (χ1) is 13.2. The van der Waals surface area contributed by atoms with Gasteiger partial charge in [0.1, 0.15) is 5.75 Å². The summed E-state index contributed by atoms with van der Waals surface area (Å²) in [6, 6.07) is 21.5. The minimum Gasteiger partial charge on any atom is -0.506 e. The van der Waals surface area contributed by atoms with Gasteiger partial charge in [-0.05, 0) is 35.0 Å². The first-order valence-corrected chi connectivity index (χ1v) is 9.34. The average molecular weight is 362 g/mol. The average Bonchev–Trinajstić information content (AvgIpc) is 2.69. The van der Waals surface area contributed by atoms with Gasteiger partial charge >= 0.3 is 0 Å². The Morgan fingerprint density at radius 2 is 1.67 bits per heavy atom. The van der Waals surface area contributed by atoms with Gasteiger partial charge in [-0.1, -0.05) is 42.5 Å². The molecule has 3 aromatic rings. The number of anilines is 2. The highest BCUT2D eigenvalue weighted by Crippen LogP contribution is 2.26. The molecule has 1 aliphatic rings. The van der Waals surface area contributed by atoms with Crippen LogP contribution >= 0.6 is 0 Å². The number of phenols is 1. The number of hydrogen-bond donors (Lipinski definition) is 3. The van der Waals surface area contributed by atoms with Crippen LogP contribution in [-0.4, -0.2) is 43.7 Å². The zero-order valence-corrected chi connectivity index (χ0v) is 15.2. The molecule has 0 radical (unpaired) electrons. The Morgan fingerprint density at radius 3 is 2.44 bits per heavy atom. The molecule has 0 aliphatic carbocycles. The number of rotatable bonds is 4. The van der Waals surface area contributed by atoms with Crippen LogP contribution in [-0.2, 0) is 4.79 Å². The number of carbonyl (C=O) groups is 1. The molecule has 5 heteroatoms. The number of fused-ring (bicyclic) bond motifs is 1. The molecular weight excluding hydrogens is 338 g/mol. The predicted octanol–water partition coefficient (Wildman–Crippen LogP) is 1.89. The third-order valence-electron chi connectivity index (χ3n) is 5.14. The first-order valence-electron chi connectivity index (χ1n) is 9.34. The topological polar surface area (TPSA) is 57.0 Å². The van der Waals surface area contributed by atoms with Crippen LogP contribution in [0.4, 0.5) is 11.4 Å². The van der Waals surface area contributed by atoms with Gasteiger partial charge in [0.15, 0.2) is 6.54 Å². The standard InChI is InChI=1S/C22H23N3O2/c26-21-8-4-3-7-20(21)25-13-11-24(12-14-25)16-22(27)23-19-10-9-17-5-1-2-6-18(17)15-19/h1-10,15,26H,11-14,16H2,(H,23,27)/p+1. The molecular formula is C22H24N3O2+. The van der Waals surface area contributed by atoms with Crippen molar-refractivity contribution in [3.8, 4) is 5.75 Å². The molecule has 1 heterocycles. The van der Waals surface area contributed by atoms with Gasteiger partial charge in [-0.2, -0.15) is 0 Å². The molecule has 3 N–H and O–H groups in total. The van der Waals surface area contributed by atoms with Crippen molar-refractivity contribution in [1.82, 2.24) is 0 Å². The van der Waals surface area contributed by atoms with E-state index in [-0.39, 0.29) is 5.91 Å². The van der Waals surface area contributed by atoms with E-state index in [1.54, 1.807) is 6.07 Å². The van der Waals surface area contributed by atoms with Gasteiger partial charge in [-0.25, -0.2) is 0 Å². The van der Waals surface area contributed by atoms with E-state index in [0.717, 1.165) is 42.9 Å². The van der Waals surface area contributed by atoms with Crippen molar-refractivity contribution in [3.05, 3.63) is 66.7 Å². The molecule has 0 bridgehead atoms. The van der Waals surface area contributed by atoms with Gasteiger partial charge in [0.05, 0.1) is 31.9 Å². The van der Waals surface area contributed by atoms with Crippen molar-refractivity contribution >= 4 is 28.1 Å². The number of hydrogen-bond acceptors (Lipinski definition) is 3. The fourth-order valence-corrected chi connectivity index (χ4v) is 3.67. The molecule has 138 valence electrons. The second kappa shape index (κ2) is 7.68. The van der Waals surface area contributed by atoms with E-state index >= 15 is 0 Å². The van der Waals surface area contributed by atoms with Gasteiger partial charge in [0, 0.05) is 5.69 Å². The maximum Gasteiger partial charge on any atom is 0.279 e. The maximum atomic E-state index is 12.4. The zero-order chi connectivity index (χ0) is 18.6. The van der Waals surface area contributed by atoms with Gasteiger partial charge in [-0.15, -0.1) is 0 Å². The molecule has 1 amide bonds. The van der Waals surface area contributed by atoms with E-state index in [0.29, 0.717) is 12.3 Å². The van der Waals surface area contributed by atoms with E-state index in [1.165, 1.54) is 10.3 Å². The fraction of sp³-hybridized carbons (Fsp3) is 0.227. The Bertz CT molecular complexity index is 949. The second-order valence-electron chi connectivity index (χ2n) is 7.01. The summed E-state index contributed by atoms with van der Waals surface area (Å²) < 4.78 is 0. The lowest BCUT2D eigenvalue weighted by atomic mass is 10.1. The van der Waals surface area contributed by atoms with Gasteiger partial charge in [-0.3, -0.25) is 4.79 Å². The smallest absolute Gasteiger partial charge is 0.279 e. The van der Waals surface area contributed by atoms with Crippen LogP contribution in [0.5, 0.6) is 5.75 Å². The minimum absolute atomic E-state index is 0.0382. The summed E-state index contributed by atoms with van der Waals surface area (Å²) in [6.45, 7) is 3.87. The Balaban J connectivity index is 1.32. The Morgan fingerprint density at radius 1 is 0.963 bits per heavy atom. The van der Waals surface area contributed by atoms with E-state index in [9.17, 15) is 9.90 Å². The largest absolute Gasteiger partial charge is 0.506 e. The third kappa shape index (κ3) is 4.04. The molecule has 0 unspecified atom stereocenters. The molecule has 0 spiro atoms. The molecule has 1 saturated heterocycles. The number of benzene rings is 3. The summed E-state index contributed by atoms with van der Waals surface area (Å²) in [7, 11) is 0. The molecule has 0 saturated carbocycles. The van der Waals surface area contributed by atoms with E-state index in [1.807, 2.05) is 48.5 Å². The maximum absolute atomic E-state index is 12.4. The number of para-hydroxylation sites is 2. The number of nitrogens with zero attached hydrogens (tertiary/aromatic N) is 1. The fourth-order valence-electron chi connectivity index (χ4n) is 3.67. The summed E-state index contributed by atoms with van der Waals surface area (Å²) in [5.41, 5.74) is 1.71. The van der Waals surface area contributed by atoms with Crippen LogP contribution < -0.4 is 15.1 Å². The lowest BCUT2D eigenvalue weighted by molar-refractivity contribution is -0.892. The van der Waals surface area contributed by atoms with Gasteiger partial charge in [0.2, 0.25) is 0 Å². The Hall–Kier alpha value is -3.05. The summed E-state index contributed by atoms with van der Waals surface area (Å²) >= 11 is 0. The third-order valence-corrected chi connectivity index (χ3v) is 5.14. The van der Waals surface area contributed by atoms with Crippen LogP contribution in [0.25, 0.3) is 10.8 Å². The van der Waals surface area contributed by atoms with Crippen molar-refractivity contribution in [1.29, 1.82) is 0 Å². The van der Waals surface area contributed by atoms with Gasteiger partial charge in [0.25, 0.3) is 5.91 Å². The molecule has 0 atom stereocenters. The monoisotopic (exact) mass is 362 g/mol. The summed E-state index contributed by atoms with van der Waals surface area (Å²) in [5.74, 6) is 0.353. The number of quaternary nitrogens is 1. The van der Waals surface area contributed by atoms with E-state index in [4.69, 9.17) is 0 Å². The number of aromatic hydroxyl groups is 1. The highest BCUT2D eigenvalue weighted by molar-refractivity contribution is 5.94. The minimum atomic E-state index is 0.0382. The van der Waals surface area contributed by atoms with Crippen LogP contribution in [0.3, 0.4) is 0 Å². The molecule has 4 rings (SSSR count). The Labute approximate surface area is 158 Å². The number of phenolic OH excluding ortho intramolecular Hbond substituents is 1. The Kier molecular flexibility index (Phi) is 4.94. The summed E-state index contributed by atoms with van der Waals surface area (Å²) in [6.07, 6.45) is 0. The number of carbonyl (C=O) groups excluding carboxylic acids is 1. The lowest BCUT2D eigenvalue weighted by Gasteiger charge is -2.33. The second-order valence-corrected chi connectivity index (χ2v) is 7.01. The number of nitrogens with one attached hydrogen (secondary N) is 2. The molecule has 1 fully saturated rings. The van der Waals surface area contributed by atoms with Gasteiger partial charge < -0.3 is 20.2 Å². The molecule has 27 heavy (non-hydrogen) atoms. The van der Waals surface area contributed by atoms with Crippen LogP contribution in [0.2, 0.25) is 0 Å². The lowest BCUT2D eigenvalue weighted by Crippen LogP contribution is -3.15. The molecule has 5 nitrogen and oxygen atoms in total. The van der Waals surface area contributed by atoms with Crippen molar-refractivity contribution in [2.24, 2.45) is 0 Å². The van der Waals surface area contributed by atoms with Crippen LogP contribution in [0.15, 0.2) is 66.7 Å². The zero-order valence-electron chi connectivity index (χ0n) is 15.2. The molecule has 1 aliphatic heterocycles. The normalized spacial score (nSPS) is 15.0. The van der Waals surface area contributed by atoms with Crippen LogP contribution in [0.1, 0.15) is 0 Å². The molecule has 0 aromatic heterocycles. The highest BCUT2D eigenvalue weighted by atomic mass is 16.3. The van der Waals surface area contributed by atoms with Crippen molar-refractivity contribution < 1.29 is 14.8 Å². The molecule has 3 aromatic carbocycles. The first kappa shape index (κ1) is 17.4. The quantitative estimate of drug-likeness (QED) is 0.664. The van der Waals surface area contributed by atoms with Crippen molar-refractivity contribution in [2.45, 2.75) is 0 Å². The number of piperazine rings is 1. The highest BCUT2D eigenvalue weighted by Gasteiger charge is 2.23. The summed E-state index contributed by atoms with van der Waals surface area (Å²) in [5, 5.41) is 15.3. The van der Waals surface area contributed by atoms with E-state index in [2.05, 4.69) is 22.3 Å². The van der Waals surface area contributed by atoms with Crippen molar-refractivity contribution in [3.63, 3.8) is 0 Å². The predicted molar refractivity (Wildman–Crippen MR) is 108 cm³/mol. The number of amides is 1. The SMILES string of the molecule is O=C(C[NH+]1CCN(c2ccccc2O)CC1)Nc1ccc2ccccc2c1. The van der Waals surface area contributed by atoms with E-state index < -0.39 is 0 Å².